The standard InChI is InChI=1S/C38H28Cl4N2O4/c1-46-27-15-7-23(8-16-27)29(21-3-11-25(43)12-4-21)19-38(32-31(37(45)48-38)33(39)35(41)36(42)34(32)40)20-30(22-5-13-26(44)14-6-22)24-9-17-28(47-2)18-10-24/h3-20H,43-44H2,1-2H3/b29-19-,30-20-. The zero-order valence-corrected chi connectivity index (χ0v) is 28.7. The Kier molecular flexibility index (Phi) is 9.37. The number of anilines is 2. The van der Waals surface area contributed by atoms with Gasteiger partial charge in [0.25, 0.3) is 0 Å². The third kappa shape index (κ3) is 6.20. The molecule has 10 heteroatoms. The maximum absolute atomic E-state index is 13.9. The van der Waals surface area contributed by atoms with Gasteiger partial charge in [0.15, 0.2) is 5.60 Å². The molecule has 0 spiro atoms. The summed E-state index contributed by atoms with van der Waals surface area (Å²) in [4.78, 5) is 13.9. The topological polar surface area (TPSA) is 96.8 Å². The Hall–Kier alpha value is -4.59. The van der Waals surface area contributed by atoms with Crippen LogP contribution >= 0.6 is 46.4 Å². The normalized spacial score (nSPS) is 16.0. The van der Waals surface area contributed by atoms with Crippen LogP contribution in [-0.2, 0) is 10.3 Å². The van der Waals surface area contributed by atoms with Crippen molar-refractivity contribution in [2.24, 2.45) is 0 Å². The van der Waals surface area contributed by atoms with Crippen molar-refractivity contribution < 1.29 is 19.0 Å². The van der Waals surface area contributed by atoms with Gasteiger partial charge < -0.3 is 25.7 Å². The maximum Gasteiger partial charge on any atom is 0.341 e. The van der Waals surface area contributed by atoms with Crippen molar-refractivity contribution in [2.45, 2.75) is 5.60 Å². The zero-order chi connectivity index (χ0) is 34.2. The van der Waals surface area contributed by atoms with Crippen LogP contribution in [0.15, 0.2) is 109 Å². The van der Waals surface area contributed by atoms with Crippen molar-refractivity contribution >= 4 is 74.9 Å². The minimum atomic E-state index is -1.66. The number of carbonyl (C=O) groups excluding carboxylic acids is 1. The smallest absolute Gasteiger partial charge is 0.341 e. The van der Waals surface area contributed by atoms with Crippen LogP contribution in [0.4, 0.5) is 11.4 Å². The lowest BCUT2D eigenvalue weighted by molar-refractivity contribution is 0.0300. The molecule has 48 heavy (non-hydrogen) atoms. The molecule has 6 nitrogen and oxygen atoms in total. The summed E-state index contributed by atoms with van der Waals surface area (Å²) < 4.78 is 17.2. The van der Waals surface area contributed by atoms with E-state index in [1.165, 1.54) is 0 Å². The van der Waals surface area contributed by atoms with Crippen molar-refractivity contribution in [1.82, 2.24) is 0 Å². The highest BCUT2D eigenvalue weighted by Gasteiger charge is 2.48. The van der Waals surface area contributed by atoms with Crippen molar-refractivity contribution in [2.75, 3.05) is 25.7 Å². The number of hydrogen-bond acceptors (Lipinski definition) is 6. The third-order valence-corrected chi connectivity index (χ3v) is 9.89. The van der Waals surface area contributed by atoms with E-state index in [1.54, 1.807) is 38.5 Å². The second-order valence-electron chi connectivity index (χ2n) is 11.0. The molecule has 0 aliphatic carbocycles. The fraction of sp³-hybridized carbons (Fsp3) is 0.0789. The lowest BCUT2D eigenvalue weighted by Gasteiger charge is -2.27. The van der Waals surface area contributed by atoms with E-state index < -0.39 is 11.6 Å². The highest BCUT2D eigenvalue weighted by atomic mass is 35.5. The Labute approximate surface area is 298 Å². The summed E-state index contributed by atoms with van der Waals surface area (Å²) in [5.74, 6) is 0.619. The number of carbonyl (C=O) groups is 1. The number of esters is 1. The summed E-state index contributed by atoms with van der Waals surface area (Å²) in [6.45, 7) is 0. The molecule has 4 N–H and O–H groups in total. The number of nitrogens with two attached hydrogens (primary N) is 2. The number of nitrogen functional groups attached to an aromatic ring is 2. The predicted octanol–water partition coefficient (Wildman–Crippen LogP) is 10.1. The molecule has 0 amide bonds. The molecule has 1 aliphatic heterocycles. The van der Waals surface area contributed by atoms with Crippen LogP contribution in [-0.4, -0.2) is 20.2 Å². The Morgan fingerprint density at radius 1 is 0.583 bits per heavy atom. The van der Waals surface area contributed by atoms with Gasteiger partial charge in [-0.25, -0.2) is 4.79 Å². The molecule has 0 saturated heterocycles. The van der Waals surface area contributed by atoms with Crippen LogP contribution < -0.4 is 20.9 Å². The first kappa shape index (κ1) is 33.3. The fourth-order valence-electron chi connectivity index (χ4n) is 5.65. The first-order valence-corrected chi connectivity index (χ1v) is 16.1. The average molecular weight is 718 g/mol. The number of cyclic esters (lactones) is 1. The number of hydrogen-bond donors (Lipinski definition) is 2. The number of rotatable bonds is 8. The van der Waals surface area contributed by atoms with Crippen LogP contribution in [0.25, 0.3) is 11.1 Å². The second-order valence-corrected chi connectivity index (χ2v) is 12.5. The van der Waals surface area contributed by atoms with E-state index in [9.17, 15) is 4.79 Å². The average Bonchev–Trinajstić information content (AvgIpc) is 3.40. The molecule has 5 aromatic carbocycles. The lowest BCUT2D eigenvalue weighted by Crippen LogP contribution is -2.23. The molecule has 6 rings (SSSR count). The molecule has 0 fully saturated rings. The molecule has 1 aliphatic rings. The first-order valence-electron chi connectivity index (χ1n) is 14.6. The van der Waals surface area contributed by atoms with Gasteiger partial charge in [0.05, 0.1) is 39.9 Å². The summed E-state index contributed by atoms with van der Waals surface area (Å²) in [6.07, 6.45) is 3.66. The zero-order valence-electron chi connectivity index (χ0n) is 25.7. The fourth-order valence-corrected chi connectivity index (χ4v) is 6.73. The molecule has 0 radical (unpaired) electrons. The van der Waals surface area contributed by atoms with E-state index >= 15 is 0 Å². The van der Waals surface area contributed by atoms with Crippen LogP contribution in [0.1, 0.15) is 38.2 Å². The highest BCUT2D eigenvalue weighted by Crippen LogP contribution is 2.53. The molecule has 242 valence electrons. The predicted molar refractivity (Wildman–Crippen MR) is 195 cm³/mol. The molecule has 0 bridgehead atoms. The van der Waals surface area contributed by atoms with Crippen LogP contribution in [0.2, 0.25) is 20.1 Å². The van der Waals surface area contributed by atoms with Crippen molar-refractivity contribution in [3.63, 3.8) is 0 Å². The van der Waals surface area contributed by atoms with Gasteiger partial charge in [-0.05, 0) is 94.1 Å². The van der Waals surface area contributed by atoms with Crippen LogP contribution in [0.5, 0.6) is 11.5 Å². The molecule has 1 heterocycles. The largest absolute Gasteiger partial charge is 0.497 e. The van der Waals surface area contributed by atoms with Crippen LogP contribution in [0, 0.1) is 0 Å². The van der Waals surface area contributed by atoms with Crippen LogP contribution in [0.3, 0.4) is 0 Å². The van der Waals surface area contributed by atoms with E-state index in [2.05, 4.69) is 0 Å². The maximum atomic E-state index is 13.9. The van der Waals surface area contributed by atoms with E-state index in [-0.39, 0.29) is 31.2 Å². The molecular formula is C38H28Cl4N2O4. The van der Waals surface area contributed by atoms with Crippen molar-refractivity contribution in [3.8, 4) is 11.5 Å². The van der Waals surface area contributed by atoms with Gasteiger partial charge in [0, 0.05) is 16.9 Å². The van der Waals surface area contributed by atoms with Gasteiger partial charge in [-0.2, -0.15) is 0 Å². The molecule has 0 saturated carbocycles. The summed E-state index contributed by atoms with van der Waals surface area (Å²) in [5, 5.41) is -0.0990. The van der Waals surface area contributed by atoms with Gasteiger partial charge in [-0.3, -0.25) is 0 Å². The number of benzene rings is 5. The Morgan fingerprint density at radius 3 is 1.31 bits per heavy atom. The SMILES string of the molecule is COc1ccc(/C(=C\C2(/C=C(/c3ccc(N)cc3)c3ccc(OC)cc3)OC(=O)c3c(Cl)c(Cl)c(Cl)c(Cl)c32)c2ccc(N)cc2)cc1. The molecule has 0 unspecified atom stereocenters. The number of ether oxygens (including phenoxy) is 3. The number of fused-ring (bicyclic) bond motifs is 1. The third-order valence-electron chi connectivity index (χ3n) is 8.09. The summed E-state index contributed by atoms with van der Waals surface area (Å²) >= 11 is 26.9. The minimum Gasteiger partial charge on any atom is -0.497 e. The van der Waals surface area contributed by atoms with E-state index in [4.69, 9.17) is 72.1 Å². The van der Waals surface area contributed by atoms with Crippen molar-refractivity contribution in [3.05, 3.63) is 163 Å². The number of halogens is 4. The quantitative estimate of drug-likeness (QED) is 0.0718. The highest BCUT2D eigenvalue weighted by molar-refractivity contribution is 6.53. The van der Waals surface area contributed by atoms with E-state index in [1.807, 2.05) is 84.9 Å². The van der Waals surface area contributed by atoms with Crippen molar-refractivity contribution in [1.29, 1.82) is 0 Å². The summed E-state index contributed by atoms with van der Waals surface area (Å²) in [5.41, 5.74) is 16.5. The van der Waals surface area contributed by atoms with Gasteiger partial charge in [-0.15, -0.1) is 0 Å². The summed E-state index contributed by atoms with van der Waals surface area (Å²) in [6, 6.07) is 29.7. The summed E-state index contributed by atoms with van der Waals surface area (Å²) in [7, 11) is 3.19. The Morgan fingerprint density at radius 2 is 0.938 bits per heavy atom. The van der Waals surface area contributed by atoms with E-state index in [0.717, 1.165) is 22.3 Å². The molecule has 0 atom stereocenters. The van der Waals surface area contributed by atoms with Gasteiger partial charge in [0.1, 0.15) is 11.5 Å². The van der Waals surface area contributed by atoms with Gasteiger partial charge >= 0.3 is 5.97 Å². The molecule has 5 aromatic rings. The van der Waals surface area contributed by atoms with Gasteiger partial charge in [0.2, 0.25) is 0 Å². The van der Waals surface area contributed by atoms with E-state index in [0.29, 0.717) is 34.0 Å². The Balaban J connectivity index is 1.75. The first-order chi connectivity index (χ1) is 23.0. The Bertz CT molecular complexity index is 1970. The number of methoxy groups -OCH3 is 2. The second kappa shape index (κ2) is 13.5. The minimum absolute atomic E-state index is 0.0106. The van der Waals surface area contributed by atoms with Gasteiger partial charge in [-0.1, -0.05) is 94.9 Å². The lowest BCUT2D eigenvalue weighted by atomic mass is 9.83. The molecular weight excluding hydrogens is 690 g/mol. The monoisotopic (exact) mass is 716 g/mol. The molecule has 0 aromatic heterocycles.